The van der Waals surface area contributed by atoms with Crippen LogP contribution in [-0.2, 0) is 0 Å². The summed E-state index contributed by atoms with van der Waals surface area (Å²) in [5.74, 6) is 0.682. The third-order valence-electron chi connectivity index (χ3n) is 3.25. The lowest BCUT2D eigenvalue weighted by Crippen LogP contribution is -2.29. The zero-order chi connectivity index (χ0) is 13.5. The van der Waals surface area contributed by atoms with Gasteiger partial charge in [0.25, 0.3) is 0 Å². The first-order valence-corrected chi connectivity index (χ1v) is 7.00. The van der Waals surface area contributed by atoms with E-state index in [-0.39, 0.29) is 6.10 Å². The molecule has 0 amide bonds. The van der Waals surface area contributed by atoms with Gasteiger partial charge in [-0.2, -0.15) is 0 Å². The smallest absolute Gasteiger partial charge is 0.0802 e. The molecule has 0 heterocycles. The van der Waals surface area contributed by atoms with Gasteiger partial charge in [0.2, 0.25) is 0 Å². The number of nitrogens with zero attached hydrogens (tertiary/aromatic N) is 1. The van der Waals surface area contributed by atoms with Gasteiger partial charge >= 0.3 is 0 Å². The Morgan fingerprint density at radius 2 is 1.78 bits per heavy atom. The topological polar surface area (TPSA) is 23.5 Å². The Balaban J connectivity index is 2.44. The van der Waals surface area contributed by atoms with E-state index in [1.165, 1.54) is 5.56 Å². The predicted molar refractivity (Wildman–Crippen MR) is 77.7 cm³/mol. The van der Waals surface area contributed by atoms with Crippen molar-refractivity contribution < 1.29 is 5.11 Å². The van der Waals surface area contributed by atoms with Gasteiger partial charge in [0, 0.05) is 13.1 Å². The molecule has 1 aromatic rings. The number of aliphatic hydroxyl groups is 1. The van der Waals surface area contributed by atoms with Gasteiger partial charge < -0.3 is 10.0 Å². The Hall–Kier alpha value is -0.860. The SMILES string of the molecule is CCN(CCC(O)c1ccc(C)cc1)CC(C)C. The van der Waals surface area contributed by atoms with Gasteiger partial charge in [-0.25, -0.2) is 0 Å². The van der Waals surface area contributed by atoms with Gasteiger partial charge in [-0.1, -0.05) is 50.6 Å². The molecule has 1 atom stereocenters. The lowest BCUT2D eigenvalue weighted by molar-refractivity contribution is 0.139. The lowest BCUT2D eigenvalue weighted by Gasteiger charge is -2.23. The number of benzene rings is 1. The molecule has 102 valence electrons. The van der Waals surface area contributed by atoms with E-state index in [1.807, 2.05) is 12.1 Å². The maximum Gasteiger partial charge on any atom is 0.0802 e. The fourth-order valence-corrected chi connectivity index (χ4v) is 2.16. The quantitative estimate of drug-likeness (QED) is 0.800. The van der Waals surface area contributed by atoms with Crippen LogP contribution in [0, 0.1) is 12.8 Å². The van der Waals surface area contributed by atoms with Crippen molar-refractivity contribution in [2.45, 2.75) is 40.2 Å². The van der Waals surface area contributed by atoms with Crippen molar-refractivity contribution in [2.24, 2.45) is 5.92 Å². The van der Waals surface area contributed by atoms with Crippen LogP contribution in [0.1, 0.15) is 44.4 Å². The highest BCUT2D eigenvalue weighted by atomic mass is 16.3. The summed E-state index contributed by atoms with van der Waals surface area (Å²) in [6.07, 6.45) is 0.468. The molecule has 0 aliphatic heterocycles. The zero-order valence-corrected chi connectivity index (χ0v) is 12.2. The Kier molecular flexibility index (Phi) is 6.37. The van der Waals surface area contributed by atoms with Crippen LogP contribution < -0.4 is 0 Å². The number of rotatable bonds is 7. The normalized spacial score (nSPS) is 13.3. The van der Waals surface area contributed by atoms with Gasteiger partial charge in [-0.3, -0.25) is 0 Å². The molecule has 18 heavy (non-hydrogen) atoms. The van der Waals surface area contributed by atoms with E-state index >= 15 is 0 Å². The molecule has 2 nitrogen and oxygen atoms in total. The van der Waals surface area contributed by atoms with Crippen molar-refractivity contribution >= 4 is 0 Å². The van der Waals surface area contributed by atoms with Gasteiger partial charge in [0.15, 0.2) is 0 Å². The van der Waals surface area contributed by atoms with Crippen molar-refractivity contribution in [3.05, 3.63) is 35.4 Å². The summed E-state index contributed by atoms with van der Waals surface area (Å²) >= 11 is 0. The van der Waals surface area contributed by atoms with Crippen molar-refractivity contribution in [2.75, 3.05) is 19.6 Å². The first-order chi connectivity index (χ1) is 8.52. The predicted octanol–water partition coefficient (Wildman–Crippen LogP) is 3.40. The van der Waals surface area contributed by atoms with E-state index in [2.05, 4.69) is 44.7 Å². The second kappa shape index (κ2) is 7.55. The zero-order valence-electron chi connectivity index (χ0n) is 12.2. The minimum Gasteiger partial charge on any atom is -0.388 e. The summed E-state index contributed by atoms with van der Waals surface area (Å²) < 4.78 is 0. The van der Waals surface area contributed by atoms with Gasteiger partial charge in [-0.05, 0) is 31.4 Å². The molecule has 0 spiro atoms. The fraction of sp³-hybridized carbons (Fsp3) is 0.625. The summed E-state index contributed by atoms with van der Waals surface area (Å²) in [5, 5.41) is 10.2. The minimum atomic E-state index is -0.341. The molecule has 1 N–H and O–H groups in total. The molecule has 0 bridgehead atoms. The number of aliphatic hydroxyl groups excluding tert-OH is 1. The molecular weight excluding hydrogens is 222 g/mol. The highest BCUT2D eigenvalue weighted by molar-refractivity contribution is 5.22. The van der Waals surface area contributed by atoms with Crippen LogP contribution in [0.15, 0.2) is 24.3 Å². The van der Waals surface area contributed by atoms with E-state index in [0.29, 0.717) is 5.92 Å². The maximum absolute atomic E-state index is 10.2. The average molecular weight is 249 g/mol. The Labute approximate surface area is 112 Å². The highest BCUT2D eigenvalue weighted by Crippen LogP contribution is 2.17. The van der Waals surface area contributed by atoms with Crippen LogP contribution in [0.2, 0.25) is 0 Å². The molecule has 0 saturated carbocycles. The van der Waals surface area contributed by atoms with Crippen LogP contribution in [-0.4, -0.2) is 29.6 Å². The summed E-state index contributed by atoms with van der Waals surface area (Å²) in [4.78, 5) is 2.40. The monoisotopic (exact) mass is 249 g/mol. The summed E-state index contributed by atoms with van der Waals surface area (Å²) in [5.41, 5.74) is 2.27. The van der Waals surface area contributed by atoms with E-state index in [1.54, 1.807) is 0 Å². The fourth-order valence-electron chi connectivity index (χ4n) is 2.16. The van der Waals surface area contributed by atoms with Crippen LogP contribution >= 0.6 is 0 Å². The largest absolute Gasteiger partial charge is 0.388 e. The first kappa shape index (κ1) is 15.2. The second-order valence-corrected chi connectivity index (χ2v) is 5.50. The first-order valence-electron chi connectivity index (χ1n) is 7.00. The third-order valence-corrected chi connectivity index (χ3v) is 3.25. The van der Waals surface area contributed by atoms with E-state index in [9.17, 15) is 5.11 Å². The van der Waals surface area contributed by atoms with Crippen LogP contribution in [0.5, 0.6) is 0 Å². The summed E-state index contributed by atoms with van der Waals surface area (Å²) in [7, 11) is 0. The molecule has 1 aromatic carbocycles. The number of hydrogen-bond acceptors (Lipinski definition) is 2. The minimum absolute atomic E-state index is 0.341. The van der Waals surface area contributed by atoms with Crippen LogP contribution in [0.4, 0.5) is 0 Å². The standard InChI is InChI=1S/C16H27NO/c1-5-17(12-13(2)3)11-10-16(18)15-8-6-14(4)7-9-15/h6-9,13,16,18H,5,10-12H2,1-4H3. The number of aryl methyl sites for hydroxylation is 1. The Bertz CT molecular complexity index is 331. The lowest BCUT2D eigenvalue weighted by atomic mass is 10.0. The van der Waals surface area contributed by atoms with E-state index in [0.717, 1.165) is 31.6 Å². The molecule has 0 aromatic heterocycles. The molecular formula is C16H27NO. The van der Waals surface area contributed by atoms with Crippen molar-refractivity contribution in [1.82, 2.24) is 4.90 Å². The highest BCUT2D eigenvalue weighted by Gasteiger charge is 2.10. The molecule has 0 radical (unpaired) electrons. The van der Waals surface area contributed by atoms with Gasteiger partial charge in [0.05, 0.1) is 6.10 Å². The molecule has 2 heteroatoms. The average Bonchev–Trinajstić information content (AvgIpc) is 2.34. The third kappa shape index (κ3) is 5.19. The molecule has 0 fully saturated rings. The van der Waals surface area contributed by atoms with Crippen molar-refractivity contribution in [1.29, 1.82) is 0 Å². The van der Waals surface area contributed by atoms with Crippen molar-refractivity contribution in [3.8, 4) is 0 Å². The molecule has 1 rings (SSSR count). The second-order valence-electron chi connectivity index (χ2n) is 5.50. The van der Waals surface area contributed by atoms with Gasteiger partial charge in [0.1, 0.15) is 0 Å². The molecule has 1 unspecified atom stereocenters. The van der Waals surface area contributed by atoms with Crippen LogP contribution in [0.3, 0.4) is 0 Å². The molecule has 0 aliphatic rings. The number of hydrogen-bond donors (Lipinski definition) is 1. The van der Waals surface area contributed by atoms with Crippen molar-refractivity contribution in [3.63, 3.8) is 0 Å². The van der Waals surface area contributed by atoms with E-state index in [4.69, 9.17) is 0 Å². The van der Waals surface area contributed by atoms with Gasteiger partial charge in [-0.15, -0.1) is 0 Å². The summed E-state index contributed by atoms with van der Waals surface area (Å²) in [6, 6.07) is 8.17. The molecule has 0 aliphatic carbocycles. The van der Waals surface area contributed by atoms with Crippen LogP contribution in [0.25, 0.3) is 0 Å². The molecule has 0 saturated heterocycles. The Morgan fingerprint density at radius 3 is 2.28 bits per heavy atom. The maximum atomic E-state index is 10.2. The summed E-state index contributed by atoms with van der Waals surface area (Å²) in [6.45, 7) is 11.8. The van der Waals surface area contributed by atoms with E-state index < -0.39 is 0 Å². The Morgan fingerprint density at radius 1 is 1.17 bits per heavy atom.